The van der Waals surface area contributed by atoms with Crippen molar-refractivity contribution in [1.82, 2.24) is 30.1 Å². The molecule has 9 nitrogen and oxygen atoms in total. The Balaban J connectivity index is 1.28. The highest BCUT2D eigenvalue weighted by Crippen LogP contribution is 2.38. The molecule has 4 N–H and O–H groups in total. The van der Waals surface area contributed by atoms with Crippen LogP contribution in [0.4, 0.5) is 10.1 Å². The summed E-state index contributed by atoms with van der Waals surface area (Å²) in [4.78, 5) is 29.9. The number of anilines is 1. The van der Waals surface area contributed by atoms with Crippen molar-refractivity contribution in [2.75, 3.05) is 5.32 Å². The number of nitrogens with one attached hydrogen (secondary N) is 3. The molecule has 1 fully saturated rings. The van der Waals surface area contributed by atoms with Crippen LogP contribution in [0.5, 0.6) is 5.75 Å². The average molecular weight is 548 g/mol. The number of halogens is 1. The minimum atomic E-state index is -0.543. The molecule has 5 heterocycles. The van der Waals surface area contributed by atoms with Crippen LogP contribution in [0.2, 0.25) is 0 Å². The van der Waals surface area contributed by atoms with Crippen molar-refractivity contribution in [3.05, 3.63) is 72.4 Å². The Kier molecular flexibility index (Phi) is 5.96. The lowest BCUT2D eigenvalue weighted by molar-refractivity contribution is -0.119. The number of phenols is 1. The Bertz CT molecular complexity index is 1940. The molecule has 0 radical (unpaired) electrons. The number of benzene rings is 1. The molecule has 0 bridgehead atoms. The van der Waals surface area contributed by atoms with Gasteiger partial charge in [-0.25, -0.2) is 9.37 Å². The van der Waals surface area contributed by atoms with Crippen molar-refractivity contribution in [3.8, 4) is 39.7 Å². The van der Waals surface area contributed by atoms with Crippen molar-refractivity contribution < 1.29 is 14.3 Å². The third-order valence-corrected chi connectivity index (χ3v) is 7.79. The van der Waals surface area contributed by atoms with Crippen LogP contribution in [0.1, 0.15) is 31.2 Å². The predicted octanol–water partition coefficient (Wildman–Crippen LogP) is 6.51. The molecule has 0 atom stereocenters. The number of hydrogen-bond acceptors (Lipinski definition) is 6. The number of aromatic amines is 2. The van der Waals surface area contributed by atoms with Gasteiger partial charge >= 0.3 is 0 Å². The van der Waals surface area contributed by atoms with E-state index in [1.54, 1.807) is 18.6 Å². The first kappa shape index (κ1) is 24.9. The molecule has 204 valence electrons. The number of carbonyl (C=O) groups is 1. The van der Waals surface area contributed by atoms with Gasteiger partial charge < -0.3 is 15.4 Å². The molecule has 1 saturated carbocycles. The Hall–Kier alpha value is -5.12. The van der Waals surface area contributed by atoms with Gasteiger partial charge in [-0.3, -0.25) is 19.9 Å². The first-order chi connectivity index (χ1) is 19.9. The standard InChI is InChI=1S/C31H26FN7O2/c1-16-26-24(8-9-34-28(26)18-10-20(32)13-22(40)12-18)37-27(16)30-29-25(38-39-30)7-6-23(36-29)19-11-21(15-33-14-19)35-31(41)17-4-2-3-5-17/h6-15,17,37,40H,2-5H2,1H3,(H,35,41)(H,38,39). The number of H-pyrrole nitrogens is 2. The zero-order chi connectivity index (χ0) is 28.1. The maximum atomic E-state index is 14.1. The van der Waals surface area contributed by atoms with E-state index in [1.165, 1.54) is 12.1 Å². The number of hydrogen-bond donors (Lipinski definition) is 4. The Labute approximate surface area is 233 Å². The second kappa shape index (κ2) is 9.81. The van der Waals surface area contributed by atoms with Crippen LogP contribution < -0.4 is 5.32 Å². The SMILES string of the molecule is Cc1c(-c2n[nH]c3ccc(-c4cncc(NC(=O)C5CCCC5)c4)nc23)[nH]c2ccnc(-c3cc(O)cc(F)c3)c12. The summed E-state index contributed by atoms with van der Waals surface area (Å²) in [6.07, 6.45) is 9.05. The highest BCUT2D eigenvalue weighted by atomic mass is 19.1. The molecular formula is C31H26FN7O2. The highest BCUT2D eigenvalue weighted by molar-refractivity contribution is 6.02. The van der Waals surface area contributed by atoms with E-state index in [0.29, 0.717) is 33.8 Å². The minimum absolute atomic E-state index is 0.0404. The first-order valence-electron chi connectivity index (χ1n) is 13.5. The van der Waals surface area contributed by atoms with E-state index < -0.39 is 5.82 Å². The van der Waals surface area contributed by atoms with Gasteiger partial charge in [-0.05, 0) is 61.7 Å². The van der Waals surface area contributed by atoms with E-state index in [-0.39, 0.29) is 17.6 Å². The molecule has 1 aliphatic rings. The monoisotopic (exact) mass is 547 g/mol. The third kappa shape index (κ3) is 4.47. The van der Waals surface area contributed by atoms with Crippen LogP contribution >= 0.6 is 0 Å². The molecule has 1 amide bonds. The van der Waals surface area contributed by atoms with Gasteiger partial charge in [0.05, 0.1) is 34.5 Å². The fourth-order valence-electron chi connectivity index (χ4n) is 5.78. The maximum absolute atomic E-state index is 14.1. The van der Waals surface area contributed by atoms with E-state index in [4.69, 9.17) is 4.98 Å². The molecule has 5 aromatic heterocycles. The molecular weight excluding hydrogens is 521 g/mol. The van der Waals surface area contributed by atoms with Crippen molar-refractivity contribution in [2.24, 2.45) is 5.92 Å². The van der Waals surface area contributed by atoms with Crippen molar-refractivity contribution in [3.63, 3.8) is 0 Å². The number of rotatable bonds is 5. The predicted molar refractivity (Wildman–Crippen MR) is 155 cm³/mol. The molecule has 7 rings (SSSR count). The van der Waals surface area contributed by atoms with Crippen LogP contribution in [0, 0.1) is 18.7 Å². The third-order valence-electron chi connectivity index (χ3n) is 7.79. The molecule has 0 saturated heterocycles. The van der Waals surface area contributed by atoms with Crippen LogP contribution in [0.25, 0.3) is 55.8 Å². The van der Waals surface area contributed by atoms with Crippen molar-refractivity contribution in [1.29, 1.82) is 0 Å². The first-order valence-corrected chi connectivity index (χ1v) is 13.5. The summed E-state index contributed by atoms with van der Waals surface area (Å²) in [6, 6.07) is 11.4. The van der Waals surface area contributed by atoms with E-state index in [0.717, 1.165) is 65.0 Å². The second-order valence-electron chi connectivity index (χ2n) is 10.5. The summed E-state index contributed by atoms with van der Waals surface area (Å²) >= 11 is 0. The molecule has 0 unspecified atom stereocenters. The number of phenolic OH excluding ortho intramolecular Hbond substituents is 1. The number of aryl methyl sites for hydroxylation is 1. The lowest BCUT2D eigenvalue weighted by Gasteiger charge is -2.11. The van der Waals surface area contributed by atoms with Crippen LogP contribution in [0.3, 0.4) is 0 Å². The zero-order valence-corrected chi connectivity index (χ0v) is 22.2. The molecule has 0 spiro atoms. The quantitative estimate of drug-likeness (QED) is 0.194. The van der Waals surface area contributed by atoms with Gasteiger partial charge in [-0.15, -0.1) is 0 Å². The molecule has 6 aromatic rings. The fraction of sp³-hybridized carbons (Fsp3) is 0.194. The van der Waals surface area contributed by atoms with Gasteiger partial charge in [0.2, 0.25) is 5.91 Å². The number of nitrogens with zero attached hydrogens (tertiary/aromatic N) is 4. The number of pyridine rings is 3. The van der Waals surface area contributed by atoms with E-state index >= 15 is 0 Å². The largest absolute Gasteiger partial charge is 0.508 e. The molecule has 41 heavy (non-hydrogen) atoms. The smallest absolute Gasteiger partial charge is 0.227 e. The lowest BCUT2D eigenvalue weighted by Crippen LogP contribution is -2.20. The average Bonchev–Trinajstić information content (AvgIpc) is 3.72. The van der Waals surface area contributed by atoms with Crippen LogP contribution in [-0.4, -0.2) is 41.1 Å². The molecule has 10 heteroatoms. The Morgan fingerprint density at radius 3 is 2.71 bits per heavy atom. The Morgan fingerprint density at radius 2 is 1.88 bits per heavy atom. The zero-order valence-electron chi connectivity index (χ0n) is 22.2. The van der Waals surface area contributed by atoms with Gasteiger partial charge in [-0.1, -0.05) is 12.8 Å². The maximum Gasteiger partial charge on any atom is 0.227 e. The number of aromatic hydroxyl groups is 1. The molecule has 1 aromatic carbocycles. The molecule has 0 aliphatic heterocycles. The second-order valence-corrected chi connectivity index (χ2v) is 10.5. The van der Waals surface area contributed by atoms with E-state index in [2.05, 4.69) is 30.5 Å². The number of amides is 1. The van der Waals surface area contributed by atoms with E-state index in [1.807, 2.05) is 31.2 Å². The normalized spacial score (nSPS) is 13.8. The summed E-state index contributed by atoms with van der Waals surface area (Å²) in [6.45, 7) is 1.95. The minimum Gasteiger partial charge on any atom is -0.508 e. The van der Waals surface area contributed by atoms with E-state index in [9.17, 15) is 14.3 Å². The van der Waals surface area contributed by atoms with Crippen molar-refractivity contribution >= 4 is 33.5 Å². The van der Waals surface area contributed by atoms with Gasteiger partial charge in [0, 0.05) is 46.4 Å². The van der Waals surface area contributed by atoms with Gasteiger partial charge in [0.15, 0.2) is 0 Å². The van der Waals surface area contributed by atoms with Crippen molar-refractivity contribution in [2.45, 2.75) is 32.6 Å². The molecule has 1 aliphatic carbocycles. The summed E-state index contributed by atoms with van der Waals surface area (Å²) in [5, 5.41) is 21.4. The van der Waals surface area contributed by atoms with Crippen LogP contribution in [0.15, 0.2) is 61.1 Å². The van der Waals surface area contributed by atoms with Gasteiger partial charge in [0.1, 0.15) is 22.8 Å². The number of carbonyl (C=O) groups excluding carboxylic acids is 1. The summed E-state index contributed by atoms with van der Waals surface area (Å²) in [5.74, 6) is -0.611. The topological polar surface area (TPSA) is 132 Å². The van der Waals surface area contributed by atoms with Crippen LogP contribution in [-0.2, 0) is 4.79 Å². The summed E-state index contributed by atoms with van der Waals surface area (Å²) < 4.78 is 14.1. The van der Waals surface area contributed by atoms with Gasteiger partial charge in [-0.2, -0.15) is 5.10 Å². The highest BCUT2D eigenvalue weighted by Gasteiger charge is 2.23. The lowest BCUT2D eigenvalue weighted by atomic mass is 10.0. The summed E-state index contributed by atoms with van der Waals surface area (Å²) in [7, 11) is 0. The number of aromatic nitrogens is 6. The number of fused-ring (bicyclic) bond motifs is 2. The summed E-state index contributed by atoms with van der Waals surface area (Å²) in [5.41, 5.74) is 7.59. The Morgan fingerprint density at radius 1 is 1.02 bits per heavy atom. The van der Waals surface area contributed by atoms with Gasteiger partial charge in [0.25, 0.3) is 0 Å². The fourth-order valence-corrected chi connectivity index (χ4v) is 5.78.